The van der Waals surface area contributed by atoms with E-state index in [1.54, 1.807) is 18.2 Å². The normalized spacial score (nSPS) is 12.5. The summed E-state index contributed by atoms with van der Waals surface area (Å²) in [7, 11) is 2.02. The summed E-state index contributed by atoms with van der Waals surface area (Å²) in [5.74, 6) is -0.392. The molecule has 0 aliphatic carbocycles. The fraction of sp³-hybridized carbons (Fsp3) is 0.412. The summed E-state index contributed by atoms with van der Waals surface area (Å²) >= 11 is 0. The van der Waals surface area contributed by atoms with Gasteiger partial charge in [-0.15, -0.1) is 0 Å². The standard InChI is InChI=1S/C17H22N2O3/c1-4-12(2)19(3)10-9-18-16(20)14-11-13-7-5-6-8-15(13)22-17(14)21/h5-8,11-12H,4,9-10H2,1-3H3,(H,18,20)/t12-/m0/s1. The maximum Gasteiger partial charge on any atom is 0.349 e. The van der Waals surface area contributed by atoms with Gasteiger partial charge in [0.2, 0.25) is 0 Å². The van der Waals surface area contributed by atoms with E-state index in [9.17, 15) is 9.59 Å². The van der Waals surface area contributed by atoms with Crippen molar-refractivity contribution in [1.29, 1.82) is 0 Å². The molecule has 1 N–H and O–H groups in total. The molecule has 0 aliphatic rings. The Labute approximate surface area is 129 Å². The maximum absolute atomic E-state index is 12.1. The number of nitrogens with one attached hydrogen (secondary N) is 1. The fourth-order valence-electron chi connectivity index (χ4n) is 2.19. The number of para-hydroxylation sites is 1. The summed E-state index contributed by atoms with van der Waals surface area (Å²) < 4.78 is 5.17. The lowest BCUT2D eigenvalue weighted by molar-refractivity contribution is 0.0944. The SMILES string of the molecule is CC[C@H](C)N(C)CCNC(=O)c1cc2ccccc2oc1=O. The van der Waals surface area contributed by atoms with Gasteiger partial charge in [-0.1, -0.05) is 25.1 Å². The van der Waals surface area contributed by atoms with Gasteiger partial charge >= 0.3 is 5.63 Å². The Morgan fingerprint density at radius 1 is 1.36 bits per heavy atom. The topological polar surface area (TPSA) is 62.6 Å². The quantitative estimate of drug-likeness (QED) is 0.831. The van der Waals surface area contributed by atoms with Crippen LogP contribution in [0.15, 0.2) is 39.5 Å². The Balaban J connectivity index is 2.04. The second kappa shape index (κ2) is 7.22. The van der Waals surface area contributed by atoms with E-state index in [-0.39, 0.29) is 5.56 Å². The molecule has 0 spiro atoms. The highest BCUT2D eigenvalue weighted by atomic mass is 16.4. The Kier molecular flexibility index (Phi) is 5.33. The van der Waals surface area contributed by atoms with Crippen molar-refractivity contribution in [1.82, 2.24) is 10.2 Å². The van der Waals surface area contributed by atoms with Gasteiger partial charge in [0.15, 0.2) is 0 Å². The molecule has 0 saturated carbocycles. The highest BCUT2D eigenvalue weighted by Crippen LogP contribution is 2.12. The van der Waals surface area contributed by atoms with E-state index in [0.717, 1.165) is 18.4 Å². The molecule has 2 aromatic rings. The minimum absolute atomic E-state index is 0.0462. The number of fused-ring (bicyclic) bond motifs is 1. The number of hydrogen-bond donors (Lipinski definition) is 1. The van der Waals surface area contributed by atoms with Crippen molar-refractivity contribution in [2.45, 2.75) is 26.3 Å². The third-order valence-corrected chi connectivity index (χ3v) is 3.98. The van der Waals surface area contributed by atoms with Gasteiger partial charge in [-0.2, -0.15) is 0 Å². The Hall–Kier alpha value is -2.14. The number of carbonyl (C=O) groups excluding carboxylic acids is 1. The number of nitrogens with zero attached hydrogens (tertiary/aromatic N) is 1. The van der Waals surface area contributed by atoms with Gasteiger partial charge in [0.25, 0.3) is 5.91 Å². The van der Waals surface area contributed by atoms with E-state index in [1.165, 1.54) is 0 Å². The van der Waals surface area contributed by atoms with Gasteiger partial charge in [-0.25, -0.2) is 4.79 Å². The summed E-state index contributed by atoms with van der Waals surface area (Å²) in [5.41, 5.74) is -0.0723. The molecule has 1 atom stereocenters. The third-order valence-electron chi connectivity index (χ3n) is 3.98. The number of benzene rings is 1. The minimum atomic E-state index is -0.605. The van der Waals surface area contributed by atoms with Gasteiger partial charge in [0.1, 0.15) is 11.1 Å². The minimum Gasteiger partial charge on any atom is -0.422 e. The van der Waals surface area contributed by atoms with E-state index in [1.807, 2.05) is 19.2 Å². The third kappa shape index (κ3) is 3.74. The van der Waals surface area contributed by atoms with Crippen LogP contribution < -0.4 is 10.9 Å². The predicted molar refractivity (Wildman–Crippen MR) is 87.2 cm³/mol. The highest BCUT2D eigenvalue weighted by Gasteiger charge is 2.14. The van der Waals surface area contributed by atoms with Crippen LogP contribution >= 0.6 is 0 Å². The van der Waals surface area contributed by atoms with Crippen LogP contribution in [0.2, 0.25) is 0 Å². The summed E-state index contributed by atoms with van der Waals surface area (Å²) in [6, 6.07) is 9.18. The molecule has 22 heavy (non-hydrogen) atoms. The zero-order valence-electron chi connectivity index (χ0n) is 13.3. The Bertz CT molecular complexity index is 708. The predicted octanol–water partition coefficient (Wildman–Crippen LogP) is 2.25. The van der Waals surface area contributed by atoms with Gasteiger partial charge in [-0.05, 0) is 32.5 Å². The van der Waals surface area contributed by atoms with E-state index in [4.69, 9.17) is 4.42 Å². The van der Waals surface area contributed by atoms with E-state index >= 15 is 0 Å². The summed E-state index contributed by atoms with van der Waals surface area (Å²) in [4.78, 5) is 26.2. The molecule has 1 heterocycles. The average molecular weight is 302 g/mol. The molecular weight excluding hydrogens is 280 g/mol. The zero-order valence-corrected chi connectivity index (χ0v) is 13.3. The molecule has 0 bridgehead atoms. The number of amides is 1. The fourth-order valence-corrected chi connectivity index (χ4v) is 2.19. The van der Waals surface area contributed by atoms with Crippen LogP contribution in [0.25, 0.3) is 11.0 Å². The maximum atomic E-state index is 12.1. The van der Waals surface area contributed by atoms with Crippen LogP contribution in [-0.2, 0) is 0 Å². The first-order chi connectivity index (χ1) is 10.5. The first kappa shape index (κ1) is 16.2. The second-order valence-corrected chi connectivity index (χ2v) is 5.48. The van der Waals surface area contributed by atoms with Gasteiger partial charge < -0.3 is 14.6 Å². The lowest BCUT2D eigenvalue weighted by Gasteiger charge is -2.23. The smallest absolute Gasteiger partial charge is 0.349 e. The van der Waals surface area contributed by atoms with Crippen molar-refractivity contribution in [2.75, 3.05) is 20.1 Å². The number of rotatable bonds is 6. The zero-order chi connectivity index (χ0) is 16.1. The van der Waals surface area contributed by atoms with E-state index < -0.39 is 11.5 Å². The van der Waals surface area contributed by atoms with E-state index in [2.05, 4.69) is 24.1 Å². The van der Waals surface area contributed by atoms with Gasteiger partial charge in [0.05, 0.1) is 0 Å². The molecule has 0 unspecified atom stereocenters. The molecule has 1 amide bonds. The van der Waals surface area contributed by atoms with Crippen LogP contribution in [0.5, 0.6) is 0 Å². The van der Waals surface area contributed by atoms with Crippen molar-refractivity contribution < 1.29 is 9.21 Å². The highest BCUT2D eigenvalue weighted by molar-refractivity contribution is 5.96. The summed E-state index contributed by atoms with van der Waals surface area (Å²) in [6.45, 7) is 5.49. The monoisotopic (exact) mass is 302 g/mol. The van der Waals surface area contributed by atoms with Crippen LogP contribution in [0.1, 0.15) is 30.6 Å². The number of likely N-dealkylation sites (N-methyl/N-ethyl adjacent to an activating group) is 1. The van der Waals surface area contributed by atoms with Crippen LogP contribution in [0, 0.1) is 0 Å². The average Bonchev–Trinajstić information content (AvgIpc) is 2.53. The number of carbonyl (C=O) groups is 1. The van der Waals surface area contributed by atoms with Crippen molar-refractivity contribution >= 4 is 16.9 Å². The van der Waals surface area contributed by atoms with Crippen molar-refractivity contribution in [3.05, 3.63) is 46.3 Å². The largest absolute Gasteiger partial charge is 0.422 e. The van der Waals surface area contributed by atoms with Gasteiger partial charge in [-0.3, -0.25) is 4.79 Å². The van der Waals surface area contributed by atoms with Crippen molar-refractivity contribution in [3.8, 4) is 0 Å². The molecule has 0 radical (unpaired) electrons. The van der Waals surface area contributed by atoms with Crippen LogP contribution in [0.4, 0.5) is 0 Å². The molecule has 0 aliphatic heterocycles. The van der Waals surface area contributed by atoms with Crippen LogP contribution in [-0.4, -0.2) is 37.0 Å². The molecule has 5 heteroatoms. The molecule has 118 valence electrons. The lowest BCUT2D eigenvalue weighted by atomic mass is 10.2. The first-order valence-electron chi connectivity index (χ1n) is 7.54. The molecule has 5 nitrogen and oxygen atoms in total. The second-order valence-electron chi connectivity index (χ2n) is 5.48. The summed E-state index contributed by atoms with van der Waals surface area (Å²) in [5, 5.41) is 3.51. The molecule has 0 fully saturated rings. The molecule has 0 saturated heterocycles. The molecule has 2 rings (SSSR count). The Morgan fingerprint density at radius 2 is 2.09 bits per heavy atom. The Morgan fingerprint density at radius 3 is 2.82 bits per heavy atom. The molecule has 1 aromatic carbocycles. The molecule has 1 aromatic heterocycles. The number of hydrogen-bond acceptors (Lipinski definition) is 4. The first-order valence-corrected chi connectivity index (χ1v) is 7.54. The van der Waals surface area contributed by atoms with Crippen molar-refractivity contribution in [3.63, 3.8) is 0 Å². The van der Waals surface area contributed by atoms with Gasteiger partial charge in [0, 0.05) is 24.5 Å². The molecular formula is C17H22N2O3. The van der Waals surface area contributed by atoms with Crippen molar-refractivity contribution in [2.24, 2.45) is 0 Å². The van der Waals surface area contributed by atoms with E-state index in [0.29, 0.717) is 18.2 Å². The van der Waals surface area contributed by atoms with Crippen LogP contribution in [0.3, 0.4) is 0 Å². The lowest BCUT2D eigenvalue weighted by Crippen LogP contribution is -2.38. The summed E-state index contributed by atoms with van der Waals surface area (Å²) in [6.07, 6.45) is 1.05.